The van der Waals surface area contributed by atoms with Crippen molar-refractivity contribution in [2.24, 2.45) is 10.7 Å². The van der Waals surface area contributed by atoms with E-state index in [-0.39, 0.29) is 0 Å². The number of benzene rings is 2. The Labute approximate surface area is 147 Å². The Morgan fingerprint density at radius 3 is 2.33 bits per heavy atom. The SMILES string of the molecule is Cc1cc(C)c(NC2=CC=NC(N)(c3ccc(Cl)cc3)N2)c(C)c1. The van der Waals surface area contributed by atoms with Crippen molar-refractivity contribution in [1.29, 1.82) is 0 Å². The summed E-state index contributed by atoms with van der Waals surface area (Å²) in [4.78, 5) is 4.39. The van der Waals surface area contributed by atoms with Crippen LogP contribution in [0, 0.1) is 20.8 Å². The zero-order valence-corrected chi connectivity index (χ0v) is 14.8. The Morgan fingerprint density at radius 2 is 1.71 bits per heavy atom. The number of hydrogen-bond donors (Lipinski definition) is 3. The lowest BCUT2D eigenvalue weighted by atomic mass is 10.0. The number of aliphatic imine (C=N–C) groups is 1. The average molecular weight is 341 g/mol. The van der Waals surface area contributed by atoms with Gasteiger partial charge in [-0.05, 0) is 50.1 Å². The molecule has 0 amide bonds. The van der Waals surface area contributed by atoms with Gasteiger partial charge in [0.05, 0.1) is 0 Å². The first-order chi connectivity index (χ1) is 11.4. The standard InChI is InChI=1S/C19H21ClN4/c1-12-10-13(2)18(14(3)11-12)23-17-8-9-22-19(21,24-17)15-4-6-16(20)7-5-15/h4-11,23-24H,21H2,1-3H3. The van der Waals surface area contributed by atoms with Crippen molar-refractivity contribution in [1.82, 2.24) is 5.32 Å². The summed E-state index contributed by atoms with van der Waals surface area (Å²) >= 11 is 5.96. The van der Waals surface area contributed by atoms with E-state index in [0.29, 0.717) is 5.02 Å². The summed E-state index contributed by atoms with van der Waals surface area (Å²) < 4.78 is 0. The molecule has 0 spiro atoms. The number of nitrogens with one attached hydrogen (secondary N) is 2. The summed E-state index contributed by atoms with van der Waals surface area (Å²) in [7, 11) is 0. The number of nitrogens with zero attached hydrogens (tertiary/aromatic N) is 1. The van der Waals surface area contributed by atoms with E-state index < -0.39 is 5.79 Å². The maximum Gasteiger partial charge on any atom is 0.210 e. The Hall–Kier alpha value is -2.30. The highest BCUT2D eigenvalue weighted by atomic mass is 35.5. The molecule has 24 heavy (non-hydrogen) atoms. The average Bonchev–Trinajstić information content (AvgIpc) is 2.51. The highest BCUT2D eigenvalue weighted by Gasteiger charge is 2.28. The molecule has 124 valence electrons. The highest BCUT2D eigenvalue weighted by molar-refractivity contribution is 6.30. The molecule has 4 N–H and O–H groups in total. The largest absolute Gasteiger partial charge is 0.342 e. The molecule has 1 atom stereocenters. The number of halogens is 1. The lowest BCUT2D eigenvalue weighted by Crippen LogP contribution is -2.51. The molecule has 1 heterocycles. The molecule has 1 unspecified atom stereocenters. The van der Waals surface area contributed by atoms with Crippen LogP contribution >= 0.6 is 11.6 Å². The minimum Gasteiger partial charge on any atom is -0.342 e. The second kappa shape index (κ2) is 6.30. The third kappa shape index (κ3) is 3.30. The maximum absolute atomic E-state index is 6.44. The van der Waals surface area contributed by atoms with Gasteiger partial charge in [0.15, 0.2) is 0 Å². The molecule has 3 rings (SSSR count). The van der Waals surface area contributed by atoms with Crippen LogP contribution in [0.5, 0.6) is 0 Å². The molecule has 1 aliphatic heterocycles. The molecule has 0 saturated carbocycles. The van der Waals surface area contributed by atoms with Crippen molar-refractivity contribution < 1.29 is 0 Å². The van der Waals surface area contributed by atoms with Crippen LogP contribution in [0.3, 0.4) is 0 Å². The van der Waals surface area contributed by atoms with Crippen molar-refractivity contribution in [2.45, 2.75) is 26.6 Å². The number of allylic oxidation sites excluding steroid dienone is 1. The quantitative estimate of drug-likeness (QED) is 0.792. The Balaban J connectivity index is 1.86. The molecule has 0 aliphatic carbocycles. The second-order valence-corrected chi connectivity index (χ2v) is 6.59. The Kier molecular flexibility index (Phi) is 4.35. The van der Waals surface area contributed by atoms with Gasteiger partial charge in [0, 0.05) is 22.5 Å². The van der Waals surface area contributed by atoms with Crippen molar-refractivity contribution >= 4 is 23.5 Å². The van der Waals surface area contributed by atoms with Gasteiger partial charge in [0.2, 0.25) is 5.79 Å². The first-order valence-corrected chi connectivity index (χ1v) is 8.19. The molecule has 4 nitrogen and oxygen atoms in total. The van der Waals surface area contributed by atoms with Gasteiger partial charge in [-0.25, -0.2) is 4.99 Å². The van der Waals surface area contributed by atoms with E-state index in [9.17, 15) is 0 Å². The summed E-state index contributed by atoms with van der Waals surface area (Å²) in [6, 6.07) is 11.7. The molecule has 1 aliphatic rings. The minimum atomic E-state index is -1.02. The van der Waals surface area contributed by atoms with Gasteiger partial charge in [-0.1, -0.05) is 41.4 Å². The van der Waals surface area contributed by atoms with Gasteiger partial charge in [0.1, 0.15) is 5.82 Å². The first-order valence-electron chi connectivity index (χ1n) is 7.81. The van der Waals surface area contributed by atoms with E-state index in [2.05, 4.69) is 48.5 Å². The summed E-state index contributed by atoms with van der Waals surface area (Å²) in [5, 5.41) is 7.37. The molecular formula is C19H21ClN4. The lowest BCUT2D eigenvalue weighted by Gasteiger charge is -2.32. The third-order valence-electron chi connectivity index (χ3n) is 4.07. The zero-order chi connectivity index (χ0) is 17.3. The van der Waals surface area contributed by atoms with Crippen LogP contribution in [-0.2, 0) is 5.79 Å². The fourth-order valence-electron chi connectivity index (χ4n) is 2.94. The van der Waals surface area contributed by atoms with E-state index >= 15 is 0 Å². The molecule has 0 bridgehead atoms. The predicted molar refractivity (Wildman–Crippen MR) is 101 cm³/mol. The molecule has 0 fully saturated rings. The van der Waals surface area contributed by atoms with E-state index in [1.54, 1.807) is 6.21 Å². The molecular weight excluding hydrogens is 320 g/mol. The van der Waals surface area contributed by atoms with E-state index in [0.717, 1.165) is 17.1 Å². The number of hydrogen-bond acceptors (Lipinski definition) is 4. The van der Waals surface area contributed by atoms with Gasteiger partial charge in [0.25, 0.3) is 0 Å². The zero-order valence-electron chi connectivity index (χ0n) is 14.0. The van der Waals surface area contributed by atoms with Crippen LogP contribution in [0.4, 0.5) is 5.69 Å². The van der Waals surface area contributed by atoms with Gasteiger partial charge in [-0.2, -0.15) is 0 Å². The lowest BCUT2D eigenvalue weighted by molar-refractivity contribution is 0.399. The summed E-state index contributed by atoms with van der Waals surface area (Å²) in [5.74, 6) is -0.216. The molecule has 2 aromatic carbocycles. The van der Waals surface area contributed by atoms with Gasteiger partial charge >= 0.3 is 0 Å². The van der Waals surface area contributed by atoms with Crippen LogP contribution in [0.1, 0.15) is 22.3 Å². The van der Waals surface area contributed by atoms with E-state index in [4.69, 9.17) is 17.3 Å². The Bertz CT molecular complexity index is 801. The van der Waals surface area contributed by atoms with Crippen molar-refractivity contribution in [2.75, 3.05) is 5.32 Å². The van der Waals surface area contributed by atoms with Crippen LogP contribution in [0.15, 0.2) is 53.3 Å². The minimum absolute atomic E-state index is 0.668. The molecule has 0 saturated heterocycles. The molecule has 5 heteroatoms. The summed E-state index contributed by atoms with van der Waals surface area (Å²) in [6.07, 6.45) is 3.59. The topological polar surface area (TPSA) is 62.4 Å². The fraction of sp³-hybridized carbons (Fsp3) is 0.211. The van der Waals surface area contributed by atoms with Gasteiger partial charge < -0.3 is 10.6 Å². The van der Waals surface area contributed by atoms with Crippen molar-refractivity contribution in [3.8, 4) is 0 Å². The highest BCUT2D eigenvalue weighted by Crippen LogP contribution is 2.26. The van der Waals surface area contributed by atoms with Gasteiger partial charge in [-0.15, -0.1) is 0 Å². The first kappa shape index (κ1) is 16.6. The van der Waals surface area contributed by atoms with E-state index in [1.807, 2.05) is 30.3 Å². The second-order valence-electron chi connectivity index (χ2n) is 6.16. The van der Waals surface area contributed by atoms with Gasteiger partial charge in [-0.3, -0.25) is 5.73 Å². The Morgan fingerprint density at radius 1 is 1.08 bits per heavy atom. The molecule has 0 radical (unpaired) electrons. The van der Waals surface area contributed by atoms with E-state index in [1.165, 1.54) is 16.7 Å². The van der Waals surface area contributed by atoms with Crippen LogP contribution in [0.25, 0.3) is 0 Å². The number of aryl methyl sites for hydroxylation is 3. The maximum atomic E-state index is 6.44. The van der Waals surface area contributed by atoms with Crippen LogP contribution < -0.4 is 16.4 Å². The number of nitrogens with two attached hydrogens (primary N) is 1. The van der Waals surface area contributed by atoms with Crippen LogP contribution in [-0.4, -0.2) is 6.21 Å². The smallest absolute Gasteiger partial charge is 0.210 e. The van der Waals surface area contributed by atoms with Crippen molar-refractivity contribution in [3.63, 3.8) is 0 Å². The molecule has 0 aromatic heterocycles. The fourth-order valence-corrected chi connectivity index (χ4v) is 3.07. The van der Waals surface area contributed by atoms with Crippen molar-refractivity contribution in [3.05, 3.63) is 75.6 Å². The predicted octanol–water partition coefficient (Wildman–Crippen LogP) is 3.96. The molecule has 2 aromatic rings. The monoisotopic (exact) mass is 340 g/mol. The third-order valence-corrected chi connectivity index (χ3v) is 4.32. The number of anilines is 1. The number of rotatable bonds is 3. The summed E-state index contributed by atoms with van der Waals surface area (Å²) in [6.45, 7) is 6.28. The normalized spacial score (nSPS) is 19.6. The van der Waals surface area contributed by atoms with Crippen LogP contribution in [0.2, 0.25) is 5.02 Å². The summed E-state index contributed by atoms with van der Waals surface area (Å²) in [5.41, 5.74) is 12.0.